The summed E-state index contributed by atoms with van der Waals surface area (Å²) < 4.78 is 6.45. The van der Waals surface area contributed by atoms with Crippen LogP contribution in [-0.2, 0) is 4.74 Å². The summed E-state index contributed by atoms with van der Waals surface area (Å²) in [7, 11) is 0. The highest BCUT2D eigenvalue weighted by atomic mass is 79.9. The van der Waals surface area contributed by atoms with Crippen molar-refractivity contribution in [1.29, 1.82) is 0 Å². The van der Waals surface area contributed by atoms with Crippen molar-refractivity contribution < 1.29 is 9.53 Å². The Hall–Kier alpha value is -1.33. The van der Waals surface area contributed by atoms with Gasteiger partial charge in [0.15, 0.2) is 0 Å². The summed E-state index contributed by atoms with van der Waals surface area (Å²) in [6.45, 7) is 3.91. The third-order valence-electron chi connectivity index (χ3n) is 3.40. The Labute approximate surface area is 119 Å². The molecule has 1 amide bonds. The van der Waals surface area contributed by atoms with Crippen LogP contribution in [0.25, 0.3) is 10.9 Å². The fraction of sp³-hybridized carbons (Fsp3) is 0.357. The average Bonchev–Trinajstić information content (AvgIpc) is 2.80. The van der Waals surface area contributed by atoms with E-state index in [0.29, 0.717) is 19.7 Å². The molecule has 0 radical (unpaired) electrons. The molecule has 1 aliphatic rings. The first kappa shape index (κ1) is 12.7. The Morgan fingerprint density at radius 3 is 3.16 bits per heavy atom. The van der Waals surface area contributed by atoms with E-state index in [2.05, 4.69) is 20.9 Å². The van der Waals surface area contributed by atoms with E-state index in [-0.39, 0.29) is 12.0 Å². The highest BCUT2D eigenvalue weighted by Crippen LogP contribution is 2.24. The van der Waals surface area contributed by atoms with Gasteiger partial charge in [0.25, 0.3) is 5.91 Å². The third kappa shape index (κ3) is 2.40. The van der Waals surface area contributed by atoms with Crippen LogP contribution < -0.4 is 0 Å². The number of hydrogen-bond acceptors (Lipinski definition) is 2. The number of nitrogens with zero attached hydrogens (tertiary/aromatic N) is 1. The van der Waals surface area contributed by atoms with Crippen molar-refractivity contribution in [1.82, 2.24) is 9.88 Å². The number of carbonyl (C=O) groups excluding carboxylic acids is 1. The van der Waals surface area contributed by atoms with Crippen molar-refractivity contribution in [2.45, 2.75) is 13.0 Å². The van der Waals surface area contributed by atoms with Crippen molar-refractivity contribution in [3.05, 3.63) is 34.4 Å². The molecule has 0 bridgehead atoms. The predicted molar refractivity (Wildman–Crippen MR) is 77.3 cm³/mol. The fourth-order valence-corrected chi connectivity index (χ4v) is 2.80. The van der Waals surface area contributed by atoms with Gasteiger partial charge >= 0.3 is 0 Å². The molecule has 4 nitrogen and oxygen atoms in total. The second kappa shape index (κ2) is 4.98. The maximum Gasteiger partial charge on any atom is 0.256 e. The number of morpholine rings is 1. The first-order valence-electron chi connectivity index (χ1n) is 6.32. The Balaban J connectivity index is 1.95. The average molecular weight is 323 g/mol. The molecule has 2 aromatic rings. The minimum absolute atomic E-state index is 0.0690. The molecule has 0 unspecified atom stereocenters. The summed E-state index contributed by atoms with van der Waals surface area (Å²) in [6, 6.07) is 5.91. The molecule has 1 aliphatic heterocycles. The molecule has 2 heterocycles. The van der Waals surface area contributed by atoms with Crippen molar-refractivity contribution in [3.8, 4) is 0 Å². The van der Waals surface area contributed by atoms with Gasteiger partial charge in [-0.15, -0.1) is 0 Å². The normalized spacial score (nSPS) is 19.9. The van der Waals surface area contributed by atoms with Crippen LogP contribution in [0, 0.1) is 0 Å². The summed E-state index contributed by atoms with van der Waals surface area (Å²) in [4.78, 5) is 17.6. The molecular formula is C14H15BrN2O2. The van der Waals surface area contributed by atoms with E-state index in [1.165, 1.54) is 0 Å². The van der Waals surface area contributed by atoms with E-state index in [1.807, 2.05) is 30.0 Å². The largest absolute Gasteiger partial charge is 0.375 e. The maximum absolute atomic E-state index is 12.6. The summed E-state index contributed by atoms with van der Waals surface area (Å²) >= 11 is 3.45. The van der Waals surface area contributed by atoms with E-state index >= 15 is 0 Å². The minimum Gasteiger partial charge on any atom is -0.375 e. The first-order valence-corrected chi connectivity index (χ1v) is 7.12. The van der Waals surface area contributed by atoms with Crippen LogP contribution in [0.3, 0.4) is 0 Å². The van der Waals surface area contributed by atoms with Crippen molar-refractivity contribution in [3.63, 3.8) is 0 Å². The molecule has 1 atom stereocenters. The second-order valence-corrected chi connectivity index (χ2v) is 5.74. The Morgan fingerprint density at radius 2 is 2.37 bits per heavy atom. The van der Waals surface area contributed by atoms with Crippen LogP contribution in [0.15, 0.2) is 28.9 Å². The van der Waals surface area contributed by atoms with Crippen LogP contribution >= 0.6 is 15.9 Å². The number of H-pyrrole nitrogens is 1. The van der Waals surface area contributed by atoms with E-state index in [0.717, 1.165) is 20.9 Å². The van der Waals surface area contributed by atoms with Gasteiger partial charge < -0.3 is 14.6 Å². The van der Waals surface area contributed by atoms with Gasteiger partial charge in [-0.3, -0.25) is 4.79 Å². The predicted octanol–water partition coefficient (Wildman–Crippen LogP) is 2.79. The molecular weight excluding hydrogens is 308 g/mol. The summed E-state index contributed by atoms with van der Waals surface area (Å²) in [5.74, 6) is 0.0690. The highest BCUT2D eigenvalue weighted by Gasteiger charge is 2.24. The number of rotatable bonds is 1. The number of aromatic amines is 1. The van der Waals surface area contributed by atoms with Crippen LogP contribution in [0.4, 0.5) is 0 Å². The number of aromatic nitrogens is 1. The molecule has 1 aromatic heterocycles. The van der Waals surface area contributed by atoms with E-state index < -0.39 is 0 Å². The lowest BCUT2D eigenvalue weighted by Gasteiger charge is -2.31. The molecule has 0 spiro atoms. The zero-order valence-electron chi connectivity index (χ0n) is 10.6. The van der Waals surface area contributed by atoms with Gasteiger partial charge in [-0.05, 0) is 25.1 Å². The minimum atomic E-state index is 0.0690. The number of ether oxygens (including phenoxy) is 1. The quantitative estimate of drug-likeness (QED) is 0.877. The summed E-state index contributed by atoms with van der Waals surface area (Å²) in [5.41, 5.74) is 1.71. The summed E-state index contributed by atoms with van der Waals surface area (Å²) in [5, 5.41) is 0.957. The zero-order valence-corrected chi connectivity index (χ0v) is 12.2. The second-order valence-electron chi connectivity index (χ2n) is 4.82. The van der Waals surface area contributed by atoms with Crippen LogP contribution in [0.2, 0.25) is 0 Å². The van der Waals surface area contributed by atoms with Gasteiger partial charge in [-0.25, -0.2) is 0 Å². The van der Waals surface area contributed by atoms with Gasteiger partial charge in [-0.1, -0.05) is 15.9 Å². The number of carbonyl (C=O) groups is 1. The van der Waals surface area contributed by atoms with E-state index in [9.17, 15) is 4.79 Å². The fourth-order valence-electron chi connectivity index (χ4n) is 2.44. The van der Waals surface area contributed by atoms with Crippen molar-refractivity contribution >= 4 is 32.7 Å². The maximum atomic E-state index is 12.6. The molecule has 3 rings (SSSR count). The van der Waals surface area contributed by atoms with E-state index in [1.54, 1.807) is 6.20 Å². The first-order chi connectivity index (χ1) is 9.15. The lowest BCUT2D eigenvalue weighted by Crippen LogP contribution is -2.44. The van der Waals surface area contributed by atoms with Gasteiger partial charge in [-0.2, -0.15) is 0 Å². The summed E-state index contributed by atoms with van der Waals surface area (Å²) in [6.07, 6.45) is 1.90. The van der Waals surface area contributed by atoms with Gasteiger partial charge in [0.2, 0.25) is 0 Å². The van der Waals surface area contributed by atoms with Crippen molar-refractivity contribution in [2.75, 3.05) is 19.7 Å². The standard InChI is InChI=1S/C14H15BrN2O2/c1-9-8-17(4-5-19-9)14(18)12-7-16-13-3-2-10(15)6-11(12)13/h2-3,6-7,9,16H,4-5,8H2,1H3/t9-/m1/s1. The van der Waals surface area contributed by atoms with Gasteiger partial charge in [0, 0.05) is 34.7 Å². The Bertz CT molecular complexity index is 623. The van der Waals surface area contributed by atoms with Gasteiger partial charge in [0.05, 0.1) is 18.3 Å². The topological polar surface area (TPSA) is 45.3 Å². The number of amides is 1. The lowest BCUT2D eigenvalue weighted by molar-refractivity contribution is -0.0123. The molecule has 100 valence electrons. The molecule has 1 aromatic carbocycles. The third-order valence-corrected chi connectivity index (χ3v) is 3.90. The molecule has 0 aliphatic carbocycles. The van der Waals surface area contributed by atoms with Crippen LogP contribution in [0.1, 0.15) is 17.3 Å². The number of fused-ring (bicyclic) bond motifs is 1. The number of benzene rings is 1. The molecule has 1 N–H and O–H groups in total. The number of halogens is 1. The van der Waals surface area contributed by atoms with Crippen molar-refractivity contribution in [2.24, 2.45) is 0 Å². The number of nitrogens with one attached hydrogen (secondary N) is 1. The molecule has 1 saturated heterocycles. The molecule has 5 heteroatoms. The molecule has 19 heavy (non-hydrogen) atoms. The SMILES string of the molecule is C[C@@H]1CN(C(=O)c2c[nH]c3ccc(Br)cc23)CCO1. The van der Waals surface area contributed by atoms with Crippen LogP contribution in [-0.4, -0.2) is 41.6 Å². The molecule has 1 fully saturated rings. The lowest BCUT2D eigenvalue weighted by atomic mass is 10.1. The highest BCUT2D eigenvalue weighted by molar-refractivity contribution is 9.10. The Morgan fingerprint density at radius 1 is 1.53 bits per heavy atom. The van der Waals surface area contributed by atoms with Crippen LogP contribution in [0.5, 0.6) is 0 Å². The monoisotopic (exact) mass is 322 g/mol. The Kier molecular flexibility index (Phi) is 3.33. The zero-order chi connectivity index (χ0) is 13.4. The van der Waals surface area contributed by atoms with E-state index in [4.69, 9.17) is 4.74 Å². The smallest absolute Gasteiger partial charge is 0.256 e. The molecule has 0 saturated carbocycles. The number of hydrogen-bond donors (Lipinski definition) is 1. The van der Waals surface area contributed by atoms with Gasteiger partial charge in [0.1, 0.15) is 0 Å².